The van der Waals surface area contributed by atoms with Crippen molar-refractivity contribution in [3.8, 4) is 0 Å². The molecule has 0 radical (unpaired) electrons. The summed E-state index contributed by atoms with van der Waals surface area (Å²) in [5.41, 5.74) is 1.22. The number of sulfonamides is 1. The van der Waals surface area contributed by atoms with Crippen molar-refractivity contribution in [2.24, 2.45) is 0 Å². The molecule has 1 aromatic carbocycles. The van der Waals surface area contributed by atoms with Crippen LogP contribution in [0.2, 0.25) is 0 Å². The zero-order valence-electron chi connectivity index (χ0n) is 18.1. The Morgan fingerprint density at radius 1 is 1.03 bits per heavy atom. The highest BCUT2D eigenvalue weighted by Crippen LogP contribution is 2.28. The molecule has 1 aliphatic rings. The van der Waals surface area contributed by atoms with Crippen molar-refractivity contribution >= 4 is 27.3 Å². The standard InChI is InChI=1S/C22H30N4O4S/c1-3-26(4-2)31(29,30)18-12-13-22(28)25(16-18)17-21(27)23-19-10-6-7-11-20(19)24-14-8-5-9-15-24/h6-7,10-13,16H,3-5,8-9,14-15,17H2,1-2H3,(H,23,27). The van der Waals surface area contributed by atoms with Gasteiger partial charge < -0.3 is 14.8 Å². The second-order valence-electron chi connectivity index (χ2n) is 7.53. The summed E-state index contributed by atoms with van der Waals surface area (Å²) in [4.78, 5) is 27.3. The van der Waals surface area contributed by atoms with Crippen molar-refractivity contribution in [1.29, 1.82) is 0 Å². The number of anilines is 2. The minimum absolute atomic E-state index is 0.00248. The van der Waals surface area contributed by atoms with Gasteiger partial charge in [-0.15, -0.1) is 0 Å². The molecular formula is C22H30N4O4S. The lowest BCUT2D eigenvalue weighted by molar-refractivity contribution is -0.116. The van der Waals surface area contributed by atoms with Crippen LogP contribution in [-0.4, -0.2) is 49.4 Å². The van der Waals surface area contributed by atoms with E-state index in [1.807, 2.05) is 24.3 Å². The summed E-state index contributed by atoms with van der Waals surface area (Å²) >= 11 is 0. The van der Waals surface area contributed by atoms with Crippen LogP contribution in [0.15, 0.2) is 52.3 Å². The van der Waals surface area contributed by atoms with Gasteiger partial charge in [0.1, 0.15) is 6.54 Å². The molecule has 2 heterocycles. The Bertz CT molecular complexity index is 1070. The molecule has 0 saturated carbocycles. The van der Waals surface area contributed by atoms with Crippen molar-refractivity contribution in [2.75, 3.05) is 36.4 Å². The maximum absolute atomic E-state index is 12.8. The van der Waals surface area contributed by atoms with E-state index < -0.39 is 15.6 Å². The second-order valence-corrected chi connectivity index (χ2v) is 9.47. The molecule has 1 saturated heterocycles. The molecule has 1 amide bonds. The molecule has 1 fully saturated rings. The van der Waals surface area contributed by atoms with Crippen LogP contribution < -0.4 is 15.8 Å². The van der Waals surface area contributed by atoms with Crippen molar-refractivity contribution in [2.45, 2.75) is 44.6 Å². The largest absolute Gasteiger partial charge is 0.370 e. The highest BCUT2D eigenvalue weighted by Gasteiger charge is 2.23. The Kier molecular flexibility index (Phi) is 7.50. The summed E-state index contributed by atoms with van der Waals surface area (Å²) in [5.74, 6) is -0.385. The first-order valence-electron chi connectivity index (χ1n) is 10.7. The van der Waals surface area contributed by atoms with E-state index in [1.165, 1.54) is 29.1 Å². The number of hydrogen-bond donors (Lipinski definition) is 1. The van der Waals surface area contributed by atoms with Gasteiger partial charge in [-0.1, -0.05) is 26.0 Å². The summed E-state index contributed by atoms with van der Waals surface area (Å²) in [7, 11) is -3.72. The molecular weight excluding hydrogens is 416 g/mol. The topological polar surface area (TPSA) is 91.7 Å². The highest BCUT2D eigenvalue weighted by atomic mass is 32.2. The van der Waals surface area contributed by atoms with Crippen molar-refractivity contribution in [3.63, 3.8) is 0 Å². The molecule has 2 aromatic rings. The summed E-state index contributed by atoms with van der Waals surface area (Å²) in [6.07, 6.45) is 4.68. The molecule has 9 heteroatoms. The lowest BCUT2D eigenvalue weighted by Crippen LogP contribution is -2.33. The molecule has 1 aromatic heterocycles. The van der Waals surface area contributed by atoms with Gasteiger partial charge in [-0.05, 0) is 37.5 Å². The Balaban J connectivity index is 1.80. The molecule has 0 atom stereocenters. The van der Waals surface area contributed by atoms with Gasteiger partial charge in [0.05, 0.1) is 16.3 Å². The van der Waals surface area contributed by atoms with Gasteiger partial charge in [0.2, 0.25) is 15.9 Å². The van der Waals surface area contributed by atoms with Crippen LogP contribution in [0.3, 0.4) is 0 Å². The number of para-hydroxylation sites is 2. The van der Waals surface area contributed by atoms with Gasteiger partial charge in [-0.3, -0.25) is 9.59 Å². The number of rotatable bonds is 8. The van der Waals surface area contributed by atoms with Crippen LogP contribution in [-0.2, 0) is 21.4 Å². The zero-order valence-corrected chi connectivity index (χ0v) is 18.9. The summed E-state index contributed by atoms with van der Waals surface area (Å²) < 4.78 is 28.0. The van der Waals surface area contributed by atoms with Crippen LogP contribution in [0.1, 0.15) is 33.1 Å². The average molecular weight is 447 g/mol. The van der Waals surface area contributed by atoms with E-state index in [0.717, 1.165) is 36.2 Å². The molecule has 0 unspecified atom stereocenters. The molecule has 31 heavy (non-hydrogen) atoms. The number of nitrogens with zero attached hydrogens (tertiary/aromatic N) is 3. The fourth-order valence-electron chi connectivity index (χ4n) is 3.83. The maximum Gasteiger partial charge on any atom is 0.251 e. The van der Waals surface area contributed by atoms with E-state index in [-0.39, 0.29) is 17.3 Å². The number of carbonyl (C=O) groups is 1. The zero-order chi connectivity index (χ0) is 22.4. The number of aromatic nitrogens is 1. The third kappa shape index (κ3) is 5.34. The van der Waals surface area contributed by atoms with Gasteiger partial charge in [0, 0.05) is 38.4 Å². The van der Waals surface area contributed by atoms with E-state index in [2.05, 4.69) is 10.2 Å². The first-order valence-corrected chi connectivity index (χ1v) is 12.1. The van der Waals surface area contributed by atoms with Gasteiger partial charge in [-0.25, -0.2) is 8.42 Å². The number of benzene rings is 1. The fraction of sp³-hybridized carbons (Fsp3) is 0.455. The van der Waals surface area contributed by atoms with Gasteiger partial charge in [-0.2, -0.15) is 4.31 Å². The minimum atomic E-state index is -3.72. The van der Waals surface area contributed by atoms with Gasteiger partial charge in [0.15, 0.2) is 0 Å². The molecule has 168 valence electrons. The summed E-state index contributed by atoms with van der Waals surface area (Å²) in [6.45, 7) is 5.77. The quantitative estimate of drug-likeness (QED) is 0.673. The van der Waals surface area contributed by atoms with Gasteiger partial charge in [0.25, 0.3) is 5.56 Å². The third-order valence-corrected chi connectivity index (χ3v) is 7.52. The minimum Gasteiger partial charge on any atom is -0.370 e. The van der Waals surface area contributed by atoms with Crippen molar-refractivity contribution in [3.05, 3.63) is 52.9 Å². The molecule has 3 rings (SSSR count). The monoisotopic (exact) mass is 446 g/mol. The lowest BCUT2D eigenvalue weighted by Gasteiger charge is -2.30. The van der Waals surface area contributed by atoms with Gasteiger partial charge >= 0.3 is 0 Å². The Labute approximate surface area is 183 Å². The number of carbonyl (C=O) groups excluding carboxylic acids is 1. The SMILES string of the molecule is CCN(CC)S(=O)(=O)c1ccc(=O)n(CC(=O)Nc2ccccc2N2CCCCC2)c1. The Hall–Kier alpha value is -2.65. The second kappa shape index (κ2) is 10.1. The average Bonchev–Trinajstić information content (AvgIpc) is 2.77. The maximum atomic E-state index is 12.8. The van der Waals surface area contributed by atoms with E-state index in [1.54, 1.807) is 13.8 Å². The number of pyridine rings is 1. The van der Waals surface area contributed by atoms with E-state index in [4.69, 9.17) is 0 Å². The number of amides is 1. The molecule has 8 nitrogen and oxygen atoms in total. The molecule has 1 aliphatic heterocycles. The molecule has 0 aliphatic carbocycles. The van der Waals surface area contributed by atoms with Crippen molar-refractivity contribution < 1.29 is 13.2 Å². The Morgan fingerprint density at radius 3 is 2.39 bits per heavy atom. The number of piperidine rings is 1. The highest BCUT2D eigenvalue weighted by molar-refractivity contribution is 7.89. The number of nitrogens with one attached hydrogen (secondary N) is 1. The normalized spacial score (nSPS) is 14.6. The van der Waals surface area contributed by atoms with E-state index in [0.29, 0.717) is 18.8 Å². The van der Waals surface area contributed by atoms with Crippen LogP contribution in [0.25, 0.3) is 0 Å². The first-order chi connectivity index (χ1) is 14.9. The Morgan fingerprint density at radius 2 is 1.71 bits per heavy atom. The molecule has 0 bridgehead atoms. The molecule has 1 N–H and O–H groups in total. The lowest BCUT2D eigenvalue weighted by atomic mass is 10.1. The smallest absolute Gasteiger partial charge is 0.251 e. The predicted octanol–water partition coefficient (Wildman–Crippen LogP) is 2.51. The first kappa shape index (κ1) is 23.0. The van der Waals surface area contributed by atoms with Crippen LogP contribution in [0.4, 0.5) is 11.4 Å². The third-order valence-electron chi connectivity index (χ3n) is 5.49. The van der Waals surface area contributed by atoms with Crippen LogP contribution >= 0.6 is 0 Å². The van der Waals surface area contributed by atoms with Crippen LogP contribution in [0.5, 0.6) is 0 Å². The van der Waals surface area contributed by atoms with E-state index >= 15 is 0 Å². The molecule has 0 spiro atoms. The van der Waals surface area contributed by atoms with Crippen molar-refractivity contribution in [1.82, 2.24) is 8.87 Å². The van der Waals surface area contributed by atoms with Crippen LogP contribution in [0, 0.1) is 0 Å². The summed E-state index contributed by atoms with van der Waals surface area (Å²) in [5, 5.41) is 2.89. The summed E-state index contributed by atoms with van der Waals surface area (Å²) in [6, 6.07) is 10.1. The fourth-order valence-corrected chi connectivity index (χ4v) is 5.31. The number of hydrogen-bond acceptors (Lipinski definition) is 5. The predicted molar refractivity (Wildman–Crippen MR) is 122 cm³/mol. The van der Waals surface area contributed by atoms with E-state index in [9.17, 15) is 18.0 Å².